The first-order valence-corrected chi connectivity index (χ1v) is 4.30. The molecule has 0 unspecified atom stereocenters. The molecular weight excluding hydrogens is 244 g/mol. The molecule has 0 fully saturated rings. The van der Waals surface area contributed by atoms with E-state index < -0.39 is 6.43 Å². The SMILES string of the molecule is FC(F)c1ccc2oc(Br)nc2c1. The van der Waals surface area contributed by atoms with Crippen LogP contribution in [-0.4, -0.2) is 4.98 Å². The molecule has 5 heteroatoms. The molecule has 0 atom stereocenters. The van der Waals surface area contributed by atoms with Crippen LogP contribution in [0.5, 0.6) is 0 Å². The van der Waals surface area contributed by atoms with Gasteiger partial charge in [0.25, 0.3) is 11.2 Å². The molecule has 2 aromatic rings. The third-order valence-corrected chi connectivity index (χ3v) is 1.98. The van der Waals surface area contributed by atoms with Gasteiger partial charge in [-0.1, -0.05) is 0 Å². The number of aromatic nitrogens is 1. The first-order valence-electron chi connectivity index (χ1n) is 3.51. The molecule has 68 valence electrons. The topological polar surface area (TPSA) is 26.0 Å². The van der Waals surface area contributed by atoms with Crippen molar-refractivity contribution < 1.29 is 13.2 Å². The molecule has 0 aliphatic carbocycles. The summed E-state index contributed by atoms with van der Waals surface area (Å²) < 4.78 is 29.5. The lowest BCUT2D eigenvalue weighted by Gasteiger charge is -1.96. The molecule has 1 heterocycles. The van der Waals surface area contributed by atoms with Crippen molar-refractivity contribution in [3.05, 3.63) is 28.6 Å². The largest absolute Gasteiger partial charge is 0.431 e. The summed E-state index contributed by atoms with van der Waals surface area (Å²) >= 11 is 3.02. The van der Waals surface area contributed by atoms with E-state index in [2.05, 4.69) is 20.9 Å². The summed E-state index contributed by atoms with van der Waals surface area (Å²) in [6, 6.07) is 4.12. The number of hydrogen-bond acceptors (Lipinski definition) is 2. The highest BCUT2D eigenvalue weighted by Crippen LogP contribution is 2.25. The Morgan fingerprint density at radius 1 is 1.38 bits per heavy atom. The fraction of sp³-hybridized carbons (Fsp3) is 0.125. The second-order valence-electron chi connectivity index (χ2n) is 2.49. The van der Waals surface area contributed by atoms with Gasteiger partial charge < -0.3 is 4.42 Å². The highest BCUT2D eigenvalue weighted by atomic mass is 79.9. The average Bonchev–Trinajstić information content (AvgIpc) is 2.42. The molecule has 0 aliphatic rings. The van der Waals surface area contributed by atoms with Gasteiger partial charge in [-0.3, -0.25) is 0 Å². The number of halogens is 3. The van der Waals surface area contributed by atoms with E-state index in [9.17, 15) is 8.78 Å². The summed E-state index contributed by atoms with van der Waals surface area (Å²) in [6.07, 6.45) is -2.47. The molecule has 0 saturated heterocycles. The van der Waals surface area contributed by atoms with E-state index in [1.807, 2.05) is 0 Å². The standard InChI is InChI=1S/C8H4BrF2NO/c9-8-12-5-3-4(7(10)11)1-2-6(5)13-8/h1-3,7H. The van der Waals surface area contributed by atoms with E-state index in [-0.39, 0.29) is 5.56 Å². The Balaban J connectivity index is 2.61. The number of alkyl halides is 2. The van der Waals surface area contributed by atoms with Crippen LogP contribution >= 0.6 is 15.9 Å². The van der Waals surface area contributed by atoms with Gasteiger partial charge in [0.2, 0.25) is 0 Å². The normalized spacial score (nSPS) is 11.4. The minimum absolute atomic E-state index is 0.0479. The van der Waals surface area contributed by atoms with Gasteiger partial charge in [0.15, 0.2) is 5.58 Å². The van der Waals surface area contributed by atoms with Gasteiger partial charge in [0.1, 0.15) is 5.52 Å². The van der Waals surface area contributed by atoms with Crippen LogP contribution in [0.2, 0.25) is 0 Å². The molecule has 2 nitrogen and oxygen atoms in total. The Hall–Kier alpha value is -0.970. The second kappa shape index (κ2) is 3.06. The lowest BCUT2D eigenvalue weighted by molar-refractivity contribution is 0.151. The van der Waals surface area contributed by atoms with E-state index in [0.29, 0.717) is 15.9 Å². The Bertz CT molecular complexity index is 441. The molecule has 0 bridgehead atoms. The molecule has 0 radical (unpaired) electrons. The maximum atomic E-state index is 12.2. The van der Waals surface area contributed by atoms with Crippen LogP contribution in [0, 0.1) is 0 Å². The second-order valence-corrected chi connectivity index (χ2v) is 3.17. The predicted molar refractivity (Wildman–Crippen MR) is 46.7 cm³/mol. The molecule has 0 saturated carbocycles. The average molecular weight is 248 g/mol. The lowest BCUT2D eigenvalue weighted by atomic mass is 10.2. The van der Waals surface area contributed by atoms with Crippen LogP contribution in [0.25, 0.3) is 11.1 Å². The van der Waals surface area contributed by atoms with Crippen molar-refractivity contribution in [2.75, 3.05) is 0 Å². The van der Waals surface area contributed by atoms with Gasteiger partial charge in [0, 0.05) is 21.5 Å². The summed E-state index contributed by atoms with van der Waals surface area (Å²) in [6.45, 7) is 0. The Morgan fingerprint density at radius 2 is 2.15 bits per heavy atom. The minimum atomic E-state index is -2.47. The maximum Gasteiger partial charge on any atom is 0.265 e. The van der Waals surface area contributed by atoms with Gasteiger partial charge in [-0.05, 0) is 18.2 Å². The van der Waals surface area contributed by atoms with Crippen LogP contribution in [-0.2, 0) is 0 Å². The number of nitrogens with zero attached hydrogens (tertiary/aromatic N) is 1. The van der Waals surface area contributed by atoms with Gasteiger partial charge in [-0.15, -0.1) is 0 Å². The van der Waals surface area contributed by atoms with Crippen LogP contribution in [0.3, 0.4) is 0 Å². The van der Waals surface area contributed by atoms with Gasteiger partial charge >= 0.3 is 0 Å². The third-order valence-electron chi connectivity index (χ3n) is 1.64. The summed E-state index contributed by atoms with van der Waals surface area (Å²) in [5.74, 6) is 0. The zero-order chi connectivity index (χ0) is 9.42. The van der Waals surface area contributed by atoms with Crippen molar-refractivity contribution in [3.8, 4) is 0 Å². The summed E-state index contributed by atoms with van der Waals surface area (Å²) in [7, 11) is 0. The molecule has 1 aromatic carbocycles. The van der Waals surface area contributed by atoms with E-state index in [0.717, 1.165) is 0 Å². The van der Waals surface area contributed by atoms with Crippen molar-refractivity contribution in [2.45, 2.75) is 6.43 Å². The molecular formula is C8H4BrF2NO. The molecule has 13 heavy (non-hydrogen) atoms. The first kappa shape index (κ1) is 8.62. The number of hydrogen-bond donors (Lipinski definition) is 0. The first-order chi connectivity index (χ1) is 6.16. The number of oxazole rings is 1. The van der Waals surface area contributed by atoms with E-state index in [1.165, 1.54) is 18.2 Å². The monoisotopic (exact) mass is 247 g/mol. The van der Waals surface area contributed by atoms with Gasteiger partial charge in [-0.2, -0.15) is 0 Å². The smallest absolute Gasteiger partial charge is 0.265 e. The van der Waals surface area contributed by atoms with Crippen molar-refractivity contribution in [2.24, 2.45) is 0 Å². The van der Waals surface area contributed by atoms with Crippen LogP contribution in [0.4, 0.5) is 8.78 Å². The highest BCUT2D eigenvalue weighted by molar-refractivity contribution is 9.10. The minimum Gasteiger partial charge on any atom is -0.431 e. The fourth-order valence-electron chi connectivity index (χ4n) is 1.05. The fourth-order valence-corrected chi connectivity index (χ4v) is 1.42. The molecule has 0 spiro atoms. The quantitative estimate of drug-likeness (QED) is 0.771. The highest BCUT2D eigenvalue weighted by Gasteiger charge is 2.10. The Morgan fingerprint density at radius 3 is 2.85 bits per heavy atom. The van der Waals surface area contributed by atoms with Crippen LogP contribution in [0.15, 0.2) is 27.4 Å². The molecule has 1 aromatic heterocycles. The van der Waals surface area contributed by atoms with Crippen molar-refractivity contribution in [3.63, 3.8) is 0 Å². The van der Waals surface area contributed by atoms with E-state index in [4.69, 9.17) is 4.42 Å². The zero-order valence-electron chi connectivity index (χ0n) is 6.30. The number of fused-ring (bicyclic) bond motifs is 1. The number of rotatable bonds is 1. The lowest BCUT2D eigenvalue weighted by Crippen LogP contribution is -1.82. The Labute approximate surface area is 80.7 Å². The summed E-state index contributed by atoms with van der Waals surface area (Å²) in [5.41, 5.74) is 0.884. The van der Waals surface area contributed by atoms with Crippen molar-refractivity contribution in [1.29, 1.82) is 0 Å². The Kier molecular flexibility index (Phi) is 2.03. The molecule has 0 aliphatic heterocycles. The van der Waals surface area contributed by atoms with E-state index >= 15 is 0 Å². The zero-order valence-corrected chi connectivity index (χ0v) is 7.88. The van der Waals surface area contributed by atoms with Crippen LogP contribution in [0.1, 0.15) is 12.0 Å². The summed E-state index contributed by atoms with van der Waals surface area (Å²) in [5, 5.41) is 0. The predicted octanol–water partition coefficient (Wildman–Crippen LogP) is 3.53. The third kappa shape index (κ3) is 1.56. The summed E-state index contributed by atoms with van der Waals surface area (Å²) in [4.78, 5) is 4.17. The maximum absolute atomic E-state index is 12.2. The molecule has 2 rings (SSSR count). The van der Waals surface area contributed by atoms with E-state index in [1.54, 1.807) is 0 Å². The van der Waals surface area contributed by atoms with Crippen molar-refractivity contribution >= 4 is 27.0 Å². The van der Waals surface area contributed by atoms with Crippen molar-refractivity contribution in [1.82, 2.24) is 4.98 Å². The molecule has 0 N–H and O–H groups in total. The van der Waals surface area contributed by atoms with Crippen LogP contribution < -0.4 is 0 Å². The van der Waals surface area contributed by atoms with Gasteiger partial charge in [-0.25, -0.2) is 13.8 Å². The number of benzene rings is 1. The molecule has 0 amide bonds. The van der Waals surface area contributed by atoms with Gasteiger partial charge in [0.05, 0.1) is 0 Å².